The Bertz CT molecular complexity index is 880. The van der Waals surface area contributed by atoms with Gasteiger partial charge in [-0.15, -0.1) is 0 Å². The van der Waals surface area contributed by atoms with Crippen LogP contribution in [-0.2, 0) is 14.6 Å². The smallest absolute Gasteiger partial charge is 0.414 e. The molecule has 1 aliphatic rings. The van der Waals surface area contributed by atoms with E-state index >= 15 is 0 Å². The van der Waals surface area contributed by atoms with Gasteiger partial charge in [-0.1, -0.05) is 11.8 Å². The molecule has 1 fully saturated rings. The first-order chi connectivity index (χ1) is 13.6. The molecule has 1 amide bonds. The quantitative estimate of drug-likeness (QED) is 0.249. The summed E-state index contributed by atoms with van der Waals surface area (Å²) in [4.78, 5) is 13.6. The molecule has 160 valence electrons. The maximum Gasteiger partial charge on any atom is 0.414 e. The zero-order valence-corrected chi connectivity index (χ0v) is 17.1. The molecule has 1 aromatic carbocycles. The molecule has 0 bridgehead atoms. The van der Waals surface area contributed by atoms with Crippen molar-refractivity contribution >= 4 is 21.6 Å². The molecule has 1 saturated heterocycles. The van der Waals surface area contributed by atoms with Crippen molar-refractivity contribution in [3.8, 4) is 11.8 Å². The van der Waals surface area contributed by atoms with Gasteiger partial charge >= 0.3 is 6.09 Å². The molecule has 0 saturated carbocycles. The molecule has 0 radical (unpaired) electrons. The molecule has 0 aliphatic carbocycles. The first-order valence-corrected chi connectivity index (χ1v) is 10.9. The van der Waals surface area contributed by atoms with E-state index < -0.39 is 39.7 Å². The lowest BCUT2D eigenvalue weighted by Gasteiger charge is -2.33. The van der Waals surface area contributed by atoms with E-state index in [-0.39, 0.29) is 13.0 Å². The molecular weight excluding hydrogens is 403 g/mol. The Hall–Kier alpha value is -2.19. The highest BCUT2D eigenvalue weighted by molar-refractivity contribution is 7.92. The lowest BCUT2D eigenvalue weighted by atomic mass is 10.0. The topological polar surface area (TPSA) is 116 Å². The number of carbonyl (C=O) groups is 1. The zero-order chi connectivity index (χ0) is 21.7. The van der Waals surface area contributed by atoms with Crippen LogP contribution in [0.4, 0.5) is 14.9 Å². The summed E-state index contributed by atoms with van der Waals surface area (Å²) >= 11 is 0. The maximum atomic E-state index is 12.3. The van der Waals surface area contributed by atoms with Crippen LogP contribution in [0.15, 0.2) is 24.3 Å². The van der Waals surface area contributed by atoms with E-state index in [4.69, 9.17) is 9.94 Å². The van der Waals surface area contributed by atoms with Crippen molar-refractivity contribution in [1.82, 2.24) is 5.48 Å². The van der Waals surface area contributed by atoms with Crippen LogP contribution in [-0.4, -0.2) is 61.4 Å². The molecule has 0 aromatic heterocycles. The van der Waals surface area contributed by atoms with E-state index in [0.29, 0.717) is 18.5 Å². The molecule has 1 heterocycles. The fourth-order valence-corrected chi connectivity index (χ4v) is 3.88. The number of unbranched alkanes of at least 4 members (excludes halogenated alkanes) is 1. The number of nitrogens with zero attached hydrogens (tertiary/aromatic N) is 1. The molecule has 10 heteroatoms. The van der Waals surface area contributed by atoms with Crippen molar-refractivity contribution < 1.29 is 32.7 Å². The number of hydroxylamine groups is 1. The van der Waals surface area contributed by atoms with Crippen LogP contribution in [0, 0.1) is 11.8 Å². The number of aliphatic hydroxyl groups is 1. The highest BCUT2D eigenvalue weighted by Crippen LogP contribution is 2.31. The molecule has 3 atom stereocenters. The molecular formula is C19H25FN2O6S. The normalized spacial score (nSPS) is 19.8. The number of anilines is 1. The van der Waals surface area contributed by atoms with Crippen molar-refractivity contribution in [3.05, 3.63) is 29.8 Å². The van der Waals surface area contributed by atoms with E-state index in [1.54, 1.807) is 29.7 Å². The zero-order valence-electron chi connectivity index (χ0n) is 16.3. The third kappa shape index (κ3) is 5.45. The van der Waals surface area contributed by atoms with Gasteiger partial charge in [-0.05, 0) is 37.6 Å². The van der Waals surface area contributed by atoms with Crippen LogP contribution in [0.25, 0.3) is 0 Å². The van der Waals surface area contributed by atoms with Gasteiger partial charge in [-0.25, -0.2) is 13.2 Å². The van der Waals surface area contributed by atoms with Gasteiger partial charge in [0.25, 0.3) is 0 Å². The first kappa shape index (κ1) is 23.1. The Morgan fingerprint density at radius 2 is 2.07 bits per heavy atom. The number of cyclic esters (lactones) is 1. The second kappa shape index (κ2) is 9.54. The summed E-state index contributed by atoms with van der Waals surface area (Å²) in [5, 5.41) is 18.9. The number of hydrogen-bond acceptors (Lipinski definition) is 7. The number of alkyl halides is 1. The van der Waals surface area contributed by atoms with Crippen molar-refractivity contribution in [3.63, 3.8) is 0 Å². The number of hydrogen-bond donors (Lipinski definition) is 3. The number of sulfone groups is 1. The Morgan fingerprint density at radius 3 is 2.62 bits per heavy atom. The van der Waals surface area contributed by atoms with Gasteiger partial charge in [0.05, 0.1) is 13.2 Å². The second-order valence-electron chi connectivity index (χ2n) is 7.08. The third-order valence-corrected chi connectivity index (χ3v) is 6.99. The number of benzene rings is 1. The largest absolute Gasteiger partial charge is 0.444 e. The molecule has 3 N–H and O–H groups in total. The van der Waals surface area contributed by atoms with Crippen molar-refractivity contribution in [2.75, 3.05) is 24.4 Å². The SMILES string of the molecule is C[C@@](C[C@H]1CN(c2ccc(C#CCCCF)cc2)C(=O)O1)(C(O)NO)S(C)(=O)=O. The van der Waals surface area contributed by atoms with Gasteiger partial charge in [-0.2, -0.15) is 5.48 Å². The van der Waals surface area contributed by atoms with Crippen LogP contribution >= 0.6 is 0 Å². The second-order valence-corrected chi connectivity index (χ2v) is 9.56. The van der Waals surface area contributed by atoms with Crippen LogP contribution < -0.4 is 10.4 Å². The number of ether oxygens (including phenoxy) is 1. The summed E-state index contributed by atoms with van der Waals surface area (Å²) in [6.45, 7) is 0.947. The lowest BCUT2D eigenvalue weighted by molar-refractivity contribution is -0.0292. The summed E-state index contributed by atoms with van der Waals surface area (Å²) in [5.41, 5.74) is 2.83. The average molecular weight is 428 g/mol. The average Bonchev–Trinajstić information content (AvgIpc) is 3.04. The molecule has 8 nitrogen and oxygen atoms in total. The van der Waals surface area contributed by atoms with E-state index in [9.17, 15) is 22.7 Å². The predicted octanol–water partition coefficient (Wildman–Crippen LogP) is 1.60. The molecule has 29 heavy (non-hydrogen) atoms. The summed E-state index contributed by atoms with van der Waals surface area (Å²) in [6, 6.07) is 6.81. The predicted molar refractivity (Wildman–Crippen MR) is 105 cm³/mol. The Kier molecular flexibility index (Phi) is 7.60. The van der Waals surface area contributed by atoms with Gasteiger partial charge in [0.15, 0.2) is 9.84 Å². The van der Waals surface area contributed by atoms with Gasteiger partial charge < -0.3 is 15.1 Å². The Labute approximate surface area is 169 Å². The fraction of sp³-hybridized carbons (Fsp3) is 0.526. The lowest BCUT2D eigenvalue weighted by Crippen LogP contribution is -2.54. The fourth-order valence-electron chi connectivity index (χ4n) is 2.94. The monoisotopic (exact) mass is 428 g/mol. The highest BCUT2D eigenvalue weighted by atomic mass is 32.2. The number of carbonyl (C=O) groups excluding carboxylic acids is 1. The summed E-state index contributed by atoms with van der Waals surface area (Å²) in [7, 11) is -3.80. The Morgan fingerprint density at radius 1 is 1.41 bits per heavy atom. The minimum atomic E-state index is -3.80. The summed E-state index contributed by atoms with van der Waals surface area (Å²) in [5.74, 6) is 5.77. The van der Waals surface area contributed by atoms with Crippen LogP contribution in [0.3, 0.4) is 0 Å². The van der Waals surface area contributed by atoms with Gasteiger partial charge in [0.1, 0.15) is 17.1 Å². The van der Waals surface area contributed by atoms with Crippen LogP contribution in [0.1, 0.15) is 31.7 Å². The first-order valence-electron chi connectivity index (χ1n) is 9.02. The van der Waals surface area contributed by atoms with Crippen molar-refractivity contribution in [1.29, 1.82) is 0 Å². The van der Waals surface area contributed by atoms with E-state index in [2.05, 4.69) is 11.8 Å². The molecule has 1 unspecified atom stereocenters. The molecule has 2 rings (SSSR count). The van der Waals surface area contributed by atoms with Crippen LogP contribution in [0.5, 0.6) is 0 Å². The standard InChI is InChI=1S/C19H25FN2O6S/c1-19(17(23)21-25,29(2,26)27)12-16-13-22(18(24)28-16)15-9-7-14(8-10-15)6-4-3-5-11-20/h7-10,16-17,21,23,25H,3,5,11-13H2,1-2H3/t16-,17?,19+/m0/s1. The van der Waals surface area contributed by atoms with E-state index in [0.717, 1.165) is 11.8 Å². The van der Waals surface area contributed by atoms with Gasteiger partial charge in [0, 0.05) is 30.3 Å². The number of aliphatic hydroxyl groups excluding tert-OH is 1. The number of halogens is 1. The summed E-state index contributed by atoms with van der Waals surface area (Å²) < 4.78 is 39.9. The highest BCUT2D eigenvalue weighted by Gasteiger charge is 2.47. The molecule has 0 spiro atoms. The van der Waals surface area contributed by atoms with E-state index in [1.165, 1.54) is 11.8 Å². The maximum absolute atomic E-state index is 12.3. The number of nitrogens with one attached hydrogen (secondary N) is 1. The minimum absolute atomic E-state index is 0.0869. The van der Waals surface area contributed by atoms with Crippen LogP contribution in [0.2, 0.25) is 0 Å². The third-order valence-electron chi connectivity index (χ3n) is 4.90. The molecule has 1 aromatic rings. The van der Waals surface area contributed by atoms with Gasteiger partial charge in [-0.3, -0.25) is 9.29 Å². The summed E-state index contributed by atoms with van der Waals surface area (Å²) in [6.07, 6.45) is -1.61. The molecule has 1 aliphatic heterocycles. The number of amides is 1. The van der Waals surface area contributed by atoms with E-state index in [1.807, 2.05) is 0 Å². The number of rotatable bonds is 8. The Balaban J connectivity index is 2.10. The van der Waals surface area contributed by atoms with Gasteiger partial charge in [0.2, 0.25) is 0 Å². The van der Waals surface area contributed by atoms with Crippen molar-refractivity contribution in [2.45, 2.75) is 43.3 Å². The minimum Gasteiger partial charge on any atom is -0.444 e. The van der Waals surface area contributed by atoms with Crippen molar-refractivity contribution in [2.24, 2.45) is 0 Å².